The second-order valence-corrected chi connectivity index (χ2v) is 4.98. The number of hydrogen-bond acceptors (Lipinski definition) is 4. The SMILES string of the molecule is CC(C)N(CCCO)c1c(Cl)cc(N)cc1C(=O)O. The molecule has 0 heterocycles. The van der Waals surface area contributed by atoms with Crippen molar-refractivity contribution in [3.8, 4) is 0 Å². The fourth-order valence-electron chi connectivity index (χ4n) is 1.94. The van der Waals surface area contributed by atoms with Gasteiger partial charge >= 0.3 is 5.97 Å². The van der Waals surface area contributed by atoms with Gasteiger partial charge < -0.3 is 20.8 Å². The van der Waals surface area contributed by atoms with Gasteiger partial charge in [-0.05, 0) is 32.4 Å². The van der Waals surface area contributed by atoms with Crippen LogP contribution in [0.1, 0.15) is 30.6 Å². The number of nitrogen functional groups attached to an aromatic ring is 1. The van der Waals surface area contributed by atoms with Crippen molar-refractivity contribution >= 4 is 28.9 Å². The predicted octanol–water partition coefficient (Wildman–Crippen LogP) is 2.22. The Morgan fingerprint density at radius 3 is 2.58 bits per heavy atom. The molecule has 5 nitrogen and oxygen atoms in total. The number of aliphatic hydroxyl groups is 1. The van der Waals surface area contributed by atoms with Crippen molar-refractivity contribution in [2.75, 3.05) is 23.8 Å². The number of carbonyl (C=O) groups is 1. The first-order chi connectivity index (χ1) is 8.88. The Labute approximate surface area is 117 Å². The molecule has 6 heteroatoms. The number of nitrogens with two attached hydrogens (primary N) is 1. The number of aliphatic hydroxyl groups excluding tert-OH is 1. The zero-order valence-electron chi connectivity index (χ0n) is 11.1. The highest BCUT2D eigenvalue weighted by atomic mass is 35.5. The van der Waals surface area contributed by atoms with E-state index in [1.165, 1.54) is 12.1 Å². The molecule has 1 aromatic carbocycles. The largest absolute Gasteiger partial charge is 0.478 e. The highest BCUT2D eigenvalue weighted by Gasteiger charge is 2.22. The van der Waals surface area contributed by atoms with Crippen LogP contribution in [0.4, 0.5) is 11.4 Å². The lowest BCUT2D eigenvalue weighted by molar-refractivity contribution is 0.0697. The third kappa shape index (κ3) is 3.75. The molecule has 0 unspecified atom stereocenters. The molecule has 0 aliphatic carbocycles. The summed E-state index contributed by atoms with van der Waals surface area (Å²) in [5.74, 6) is -1.07. The van der Waals surface area contributed by atoms with E-state index in [2.05, 4.69) is 0 Å². The zero-order chi connectivity index (χ0) is 14.6. The third-order valence-corrected chi connectivity index (χ3v) is 3.07. The number of halogens is 1. The normalized spacial score (nSPS) is 10.8. The minimum atomic E-state index is -1.07. The average molecular weight is 287 g/mol. The van der Waals surface area contributed by atoms with Gasteiger partial charge in [0.05, 0.1) is 16.3 Å². The van der Waals surface area contributed by atoms with Crippen LogP contribution in [-0.2, 0) is 0 Å². The zero-order valence-corrected chi connectivity index (χ0v) is 11.8. The van der Waals surface area contributed by atoms with E-state index < -0.39 is 5.97 Å². The predicted molar refractivity (Wildman–Crippen MR) is 77.0 cm³/mol. The number of benzene rings is 1. The molecular weight excluding hydrogens is 268 g/mol. The molecule has 0 saturated heterocycles. The number of hydrogen-bond donors (Lipinski definition) is 3. The summed E-state index contributed by atoms with van der Waals surface area (Å²) in [6, 6.07) is 3.00. The Kier molecular flexibility index (Phi) is 5.44. The van der Waals surface area contributed by atoms with Crippen molar-refractivity contribution in [3.63, 3.8) is 0 Å². The van der Waals surface area contributed by atoms with Gasteiger partial charge in [-0.3, -0.25) is 0 Å². The summed E-state index contributed by atoms with van der Waals surface area (Å²) in [7, 11) is 0. The summed E-state index contributed by atoms with van der Waals surface area (Å²) in [6.07, 6.45) is 0.540. The van der Waals surface area contributed by atoms with Crippen molar-refractivity contribution in [2.45, 2.75) is 26.3 Å². The van der Waals surface area contributed by atoms with Gasteiger partial charge in [-0.1, -0.05) is 11.6 Å². The first kappa shape index (κ1) is 15.6. The molecule has 0 aromatic heterocycles. The van der Waals surface area contributed by atoms with Crippen molar-refractivity contribution in [3.05, 3.63) is 22.7 Å². The molecule has 4 N–H and O–H groups in total. The van der Waals surface area contributed by atoms with Crippen molar-refractivity contribution in [1.29, 1.82) is 0 Å². The Morgan fingerprint density at radius 1 is 1.47 bits per heavy atom. The fraction of sp³-hybridized carbons (Fsp3) is 0.462. The van der Waals surface area contributed by atoms with Gasteiger partial charge in [0.15, 0.2) is 0 Å². The molecule has 106 valence electrons. The number of nitrogens with zero attached hydrogens (tertiary/aromatic N) is 1. The van der Waals surface area contributed by atoms with Crippen molar-refractivity contribution < 1.29 is 15.0 Å². The van der Waals surface area contributed by atoms with E-state index in [-0.39, 0.29) is 18.2 Å². The summed E-state index contributed by atoms with van der Waals surface area (Å²) in [5, 5.41) is 18.5. The van der Waals surface area contributed by atoms with Crippen LogP contribution < -0.4 is 10.6 Å². The van der Waals surface area contributed by atoms with Crippen molar-refractivity contribution in [1.82, 2.24) is 0 Å². The topological polar surface area (TPSA) is 86.8 Å². The molecule has 0 aliphatic rings. The lowest BCUT2D eigenvalue weighted by Crippen LogP contribution is -2.33. The maximum absolute atomic E-state index is 11.3. The van der Waals surface area contributed by atoms with Crippen LogP contribution >= 0.6 is 11.6 Å². The van der Waals surface area contributed by atoms with Crippen molar-refractivity contribution in [2.24, 2.45) is 0 Å². The van der Waals surface area contributed by atoms with E-state index >= 15 is 0 Å². The monoisotopic (exact) mass is 286 g/mol. The molecule has 0 bridgehead atoms. The number of rotatable bonds is 6. The van der Waals surface area contributed by atoms with Crippen LogP contribution in [-0.4, -0.2) is 35.4 Å². The number of carboxylic acid groups (broad SMARTS) is 1. The summed E-state index contributed by atoms with van der Waals surface area (Å²) >= 11 is 6.15. The van der Waals surface area contributed by atoms with Gasteiger partial charge in [-0.2, -0.15) is 0 Å². The third-order valence-electron chi connectivity index (χ3n) is 2.78. The highest BCUT2D eigenvalue weighted by molar-refractivity contribution is 6.34. The van der Waals surface area contributed by atoms with E-state index in [9.17, 15) is 9.90 Å². The van der Waals surface area contributed by atoms with Crippen LogP contribution in [0.25, 0.3) is 0 Å². The van der Waals surface area contributed by atoms with E-state index in [1.54, 1.807) is 0 Å². The second kappa shape index (κ2) is 6.63. The van der Waals surface area contributed by atoms with Crippen LogP contribution in [0.5, 0.6) is 0 Å². The average Bonchev–Trinajstić information content (AvgIpc) is 2.30. The van der Waals surface area contributed by atoms with Gasteiger partial charge in [0, 0.05) is 24.9 Å². The summed E-state index contributed by atoms with van der Waals surface area (Å²) in [5.41, 5.74) is 6.48. The standard InChI is InChI=1S/C13H19ClN2O3/c1-8(2)16(4-3-5-17)12-10(13(18)19)6-9(15)7-11(12)14/h6-8,17H,3-5,15H2,1-2H3,(H,18,19). The van der Waals surface area contributed by atoms with Gasteiger partial charge in [-0.25, -0.2) is 4.79 Å². The Hall–Kier alpha value is -1.46. The number of anilines is 2. The maximum Gasteiger partial charge on any atom is 0.337 e. The maximum atomic E-state index is 11.3. The van der Waals surface area contributed by atoms with Crippen LogP contribution in [0.2, 0.25) is 5.02 Å². The minimum Gasteiger partial charge on any atom is -0.478 e. The smallest absolute Gasteiger partial charge is 0.337 e. The molecule has 0 atom stereocenters. The summed E-state index contributed by atoms with van der Waals surface area (Å²) in [4.78, 5) is 13.2. The highest BCUT2D eigenvalue weighted by Crippen LogP contribution is 2.34. The molecule has 0 amide bonds. The summed E-state index contributed by atoms with van der Waals surface area (Å²) in [6.45, 7) is 4.45. The molecule has 19 heavy (non-hydrogen) atoms. The minimum absolute atomic E-state index is 0.0399. The molecule has 0 aliphatic heterocycles. The fourth-order valence-corrected chi connectivity index (χ4v) is 2.28. The molecular formula is C13H19ClN2O3. The Bertz CT molecular complexity index is 463. The summed E-state index contributed by atoms with van der Waals surface area (Å²) < 4.78 is 0. The van der Waals surface area contributed by atoms with Gasteiger partial charge in [0.25, 0.3) is 0 Å². The van der Waals surface area contributed by atoms with Crippen LogP contribution in [0.3, 0.4) is 0 Å². The van der Waals surface area contributed by atoms with Gasteiger partial charge in [0.1, 0.15) is 0 Å². The number of aromatic carboxylic acids is 1. The number of carboxylic acids is 1. The first-order valence-corrected chi connectivity index (χ1v) is 6.46. The first-order valence-electron chi connectivity index (χ1n) is 6.08. The molecule has 0 saturated carbocycles. The van der Waals surface area contributed by atoms with E-state index in [4.69, 9.17) is 22.4 Å². The second-order valence-electron chi connectivity index (χ2n) is 4.57. The van der Waals surface area contributed by atoms with E-state index in [0.29, 0.717) is 29.4 Å². The Morgan fingerprint density at radius 2 is 2.11 bits per heavy atom. The molecule has 0 fully saturated rings. The molecule has 1 aromatic rings. The van der Waals surface area contributed by atoms with Crippen LogP contribution in [0, 0.1) is 0 Å². The Balaban J connectivity index is 3.31. The van der Waals surface area contributed by atoms with Gasteiger partial charge in [-0.15, -0.1) is 0 Å². The van der Waals surface area contributed by atoms with E-state index in [1.807, 2.05) is 18.7 Å². The quantitative estimate of drug-likeness (QED) is 0.698. The van der Waals surface area contributed by atoms with Gasteiger partial charge in [0.2, 0.25) is 0 Å². The molecule has 0 spiro atoms. The van der Waals surface area contributed by atoms with Crippen LogP contribution in [0.15, 0.2) is 12.1 Å². The molecule has 1 rings (SSSR count). The van der Waals surface area contributed by atoms with E-state index in [0.717, 1.165) is 0 Å². The lowest BCUT2D eigenvalue weighted by Gasteiger charge is -2.31. The molecule has 0 radical (unpaired) electrons. The lowest BCUT2D eigenvalue weighted by atomic mass is 10.1.